The molecule has 0 aliphatic rings. The minimum Gasteiger partial charge on any atom is -0.344 e. The van der Waals surface area contributed by atoms with E-state index in [0.717, 1.165) is 16.7 Å². The van der Waals surface area contributed by atoms with Crippen LogP contribution in [0.3, 0.4) is 0 Å². The maximum Gasteiger partial charge on any atom is 0.269 e. The molecule has 10 nitrogen and oxygen atoms in total. The number of carbonyl (C=O) groups excluding carboxylic acids is 2. The number of nitro groups is 1. The predicted molar refractivity (Wildman–Crippen MR) is 166 cm³/mol. The van der Waals surface area contributed by atoms with Crippen molar-refractivity contribution in [2.24, 2.45) is 7.05 Å². The Hall–Kier alpha value is -5.29. The van der Waals surface area contributed by atoms with Crippen molar-refractivity contribution in [2.75, 3.05) is 5.32 Å². The molecule has 2 amide bonds. The largest absolute Gasteiger partial charge is 0.344 e. The van der Waals surface area contributed by atoms with E-state index in [9.17, 15) is 19.7 Å². The topological polar surface area (TPSA) is 132 Å². The first-order chi connectivity index (χ1) is 20.8. The molecule has 0 aliphatic heterocycles. The van der Waals surface area contributed by atoms with E-state index in [1.165, 1.54) is 36.0 Å². The summed E-state index contributed by atoms with van der Waals surface area (Å²) in [4.78, 5) is 36.2. The lowest BCUT2D eigenvalue weighted by Crippen LogP contribution is -2.35. The second-order valence-electron chi connectivity index (χ2n) is 9.72. The molecule has 0 saturated heterocycles. The van der Waals surface area contributed by atoms with Crippen molar-refractivity contribution >= 4 is 35.0 Å². The number of thioether (sulfide) groups is 1. The van der Waals surface area contributed by atoms with Gasteiger partial charge in [0, 0.05) is 36.0 Å². The molecule has 2 N–H and O–H groups in total. The van der Waals surface area contributed by atoms with Gasteiger partial charge in [-0.1, -0.05) is 72.4 Å². The smallest absolute Gasteiger partial charge is 0.269 e. The van der Waals surface area contributed by atoms with Crippen molar-refractivity contribution in [3.8, 4) is 11.4 Å². The Morgan fingerprint density at radius 2 is 1.42 bits per heavy atom. The van der Waals surface area contributed by atoms with Crippen LogP contribution in [0.1, 0.15) is 34.5 Å². The van der Waals surface area contributed by atoms with Crippen molar-refractivity contribution in [3.63, 3.8) is 0 Å². The summed E-state index contributed by atoms with van der Waals surface area (Å²) in [6.07, 6.45) is 0. The molecule has 5 rings (SSSR count). The third-order valence-electron chi connectivity index (χ3n) is 6.78. The molecule has 1 heterocycles. The number of benzene rings is 4. The number of nitro benzene ring substituents is 1. The van der Waals surface area contributed by atoms with Gasteiger partial charge in [0.25, 0.3) is 11.6 Å². The molecule has 11 heteroatoms. The Balaban J connectivity index is 1.23. The number of hydrogen-bond acceptors (Lipinski definition) is 7. The fraction of sp³-hybridized carbons (Fsp3) is 0.125. The minimum atomic E-state index is -0.514. The molecule has 0 bridgehead atoms. The molecule has 0 aliphatic carbocycles. The number of non-ortho nitro benzene ring substituents is 1. The van der Waals surface area contributed by atoms with Crippen LogP contribution in [-0.2, 0) is 11.8 Å². The van der Waals surface area contributed by atoms with Crippen molar-refractivity contribution in [2.45, 2.75) is 23.4 Å². The molecule has 4 aromatic carbocycles. The van der Waals surface area contributed by atoms with E-state index in [-0.39, 0.29) is 23.5 Å². The average molecular weight is 593 g/mol. The summed E-state index contributed by atoms with van der Waals surface area (Å²) in [7, 11) is 1.84. The van der Waals surface area contributed by atoms with Crippen LogP contribution < -0.4 is 10.6 Å². The fourth-order valence-corrected chi connectivity index (χ4v) is 5.25. The van der Waals surface area contributed by atoms with E-state index < -0.39 is 10.2 Å². The highest BCUT2D eigenvalue weighted by Gasteiger charge is 2.23. The van der Waals surface area contributed by atoms with Crippen LogP contribution in [0.4, 0.5) is 11.4 Å². The quantitative estimate of drug-likeness (QED) is 0.115. The summed E-state index contributed by atoms with van der Waals surface area (Å²) >= 11 is 1.32. The van der Waals surface area contributed by atoms with Crippen molar-refractivity contribution in [3.05, 3.63) is 136 Å². The van der Waals surface area contributed by atoms with Gasteiger partial charge in [0.05, 0.1) is 16.2 Å². The minimum absolute atomic E-state index is 0.0827. The van der Waals surface area contributed by atoms with Gasteiger partial charge in [-0.3, -0.25) is 19.7 Å². The van der Waals surface area contributed by atoms with Crippen LogP contribution in [0.25, 0.3) is 11.4 Å². The van der Waals surface area contributed by atoms with E-state index in [4.69, 9.17) is 0 Å². The standard InChI is InChI=1S/C32H28N6O4S/c1-21(30(39)34-28(22-9-5-3-6-10-22)23-11-7-4-8-12-23)43-32-36-35-29(37(32)2)24-13-17-26(18-14-24)33-31(40)25-15-19-27(20-16-25)38(41)42/h3-21,28H,1-2H3,(H,33,40)(H,34,39). The molecular weight excluding hydrogens is 564 g/mol. The highest BCUT2D eigenvalue weighted by molar-refractivity contribution is 8.00. The summed E-state index contributed by atoms with van der Waals surface area (Å²) in [6, 6.07) is 31.9. The number of hydrogen-bond donors (Lipinski definition) is 2. The molecule has 1 atom stereocenters. The zero-order chi connectivity index (χ0) is 30.3. The summed E-state index contributed by atoms with van der Waals surface area (Å²) in [5.41, 5.74) is 3.54. The van der Waals surface area contributed by atoms with E-state index in [2.05, 4.69) is 20.8 Å². The van der Waals surface area contributed by atoms with Gasteiger partial charge in [0.1, 0.15) is 0 Å². The molecular formula is C32H28N6O4S. The van der Waals surface area contributed by atoms with Crippen molar-refractivity contribution < 1.29 is 14.5 Å². The molecule has 1 unspecified atom stereocenters. The van der Waals surface area contributed by atoms with Gasteiger partial charge in [0.2, 0.25) is 5.91 Å². The number of rotatable bonds is 10. The Morgan fingerprint density at radius 1 is 0.837 bits per heavy atom. The van der Waals surface area contributed by atoms with Crippen LogP contribution in [0.5, 0.6) is 0 Å². The van der Waals surface area contributed by atoms with Crippen molar-refractivity contribution in [1.82, 2.24) is 20.1 Å². The lowest BCUT2D eigenvalue weighted by molar-refractivity contribution is -0.384. The molecule has 43 heavy (non-hydrogen) atoms. The van der Waals surface area contributed by atoms with Gasteiger partial charge in [-0.05, 0) is 54.4 Å². The Bertz CT molecular complexity index is 1690. The third-order valence-corrected chi connectivity index (χ3v) is 7.91. The van der Waals surface area contributed by atoms with E-state index >= 15 is 0 Å². The summed E-state index contributed by atoms with van der Waals surface area (Å²) in [5.74, 6) is 0.101. The maximum atomic E-state index is 13.3. The second-order valence-corrected chi connectivity index (χ2v) is 11.0. The molecule has 5 aromatic rings. The van der Waals surface area contributed by atoms with Crippen LogP contribution in [0.2, 0.25) is 0 Å². The fourth-order valence-electron chi connectivity index (χ4n) is 4.43. The first-order valence-corrected chi connectivity index (χ1v) is 14.3. The lowest BCUT2D eigenvalue weighted by Gasteiger charge is -2.22. The van der Waals surface area contributed by atoms with Gasteiger partial charge in [-0.2, -0.15) is 0 Å². The molecule has 1 aromatic heterocycles. The number of nitrogens with zero attached hydrogens (tertiary/aromatic N) is 4. The molecule has 216 valence electrons. The summed E-state index contributed by atoms with van der Waals surface area (Å²) < 4.78 is 1.82. The summed E-state index contributed by atoms with van der Waals surface area (Å²) in [5, 5.41) is 25.6. The summed E-state index contributed by atoms with van der Waals surface area (Å²) in [6.45, 7) is 1.84. The van der Waals surface area contributed by atoms with E-state index in [1.54, 1.807) is 12.1 Å². The number of nitrogens with one attached hydrogen (secondary N) is 2. The Morgan fingerprint density at radius 3 is 1.98 bits per heavy atom. The van der Waals surface area contributed by atoms with Gasteiger partial charge in [0.15, 0.2) is 11.0 Å². The monoisotopic (exact) mass is 592 g/mol. The van der Waals surface area contributed by atoms with Crippen LogP contribution in [0, 0.1) is 10.1 Å². The zero-order valence-corrected chi connectivity index (χ0v) is 24.2. The van der Waals surface area contributed by atoms with Gasteiger partial charge in [-0.25, -0.2) is 0 Å². The SMILES string of the molecule is CC(Sc1nnc(-c2ccc(NC(=O)c3ccc([N+](=O)[O-])cc3)cc2)n1C)C(=O)NC(c1ccccc1)c1ccccc1. The normalized spacial score (nSPS) is 11.6. The van der Waals surface area contributed by atoms with Gasteiger partial charge >= 0.3 is 0 Å². The number of aromatic nitrogens is 3. The molecule has 0 spiro atoms. The van der Waals surface area contributed by atoms with Gasteiger partial charge < -0.3 is 15.2 Å². The zero-order valence-electron chi connectivity index (χ0n) is 23.4. The first-order valence-electron chi connectivity index (χ1n) is 13.4. The highest BCUT2D eigenvalue weighted by Crippen LogP contribution is 2.28. The Kier molecular flexibility index (Phi) is 8.92. The number of amides is 2. The van der Waals surface area contributed by atoms with Crippen molar-refractivity contribution in [1.29, 1.82) is 0 Å². The van der Waals surface area contributed by atoms with Gasteiger partial charge in [-0.15, -0.1) is 10.2 Å². The molecule has 0 saturated carbocycles. The predicted octanol–water partition coefficient (Wildman–Crippen LogP) is 6.03. The third kappa shape index (κ3) is 6.96. The molecule has 0 radical (unpaired) electrons. The highest BCUT2D eigenvalue weighted by atomic mass is 32.2. The first kappa shape index (κ1) is 29.2. The van der Waals surface area contributed by atoms with E-state index in [1.807, 2.05) is 91.3 Å². The van der Waals surface area contributed by atoms with Crippen LogP contribution >= 0.6 is 11.8 Å². The maximum absolute atomic E-state index is 13.3. The average Bonchev–Trinajstić information content (AvgIpc) is 3.40. The van der Waals surface area contributed by atoms with Crippen LogP contribution in [-0.4, -0.2) is 36.8 Å². The Labute approximate surface area is 252 Å². The lowest BCUT2D eigenvalue weighted by atomic mass is 9.98. The van der Waals surface area contributed by atoms with Crippen LogP contribution in [0.15, 0.2) is 114 Å². The van der Waals surface area contributed by atoms with E-state index in [0.29, 0.717) is 22.2 Å². The number of anilines is 1. The molecule has 0 fully saturated rings. The second kappa shape index (κ2) is 13.1. The number of carbonyl (C=O) groups is 2.